The predicted octanol–water partition coefficient (Wildman–Crippen LogP) is 1.60. The highest BCUT2D eigenvalue weighted by molar-refractivity contribution is 5.80. The van der Waals surface area contributed by atoms with Crippen molar-refractivity contribution < 1.29 is 19.1 Å². The monoisotopic (exact) mass is 347 g/mol. The molecule has 25 heavy (non-hydrogen) atoms. The van der Waals surface area contributed by atoms with Gasteiger partial charge in [0.05, 0.1) is 19.6 Å². The molecule has 1 aromatic carbocycles. The molecule has 0 aliphatic carbocycles. The van der Waals surface area contributed by atoms with Crippen LogP contribution in [0.2, 0.25) is 0 Å². The molecule has 136 valence electrons. The van der Waals surface area contributed by atoms with Crippen LogP contribution < -0.4 is 15.2 Å². The van der Waals surface area contributed by atoms with E-state index < -0.39 is 6.03 Å². The van der Waals surface area contributed by atoms with Crippen molar-refractivity contribution >= 4 is 11.9 Å². The number of likely N-dealkylation sites (tertiary alicyclic amines) is 1. The van der Waals surface area contributed by atoms with E-state index in [1.54, 1.807) is 12.0 Å². The fourth-order valence-corrected chi connectivity index (χ4v) is 3.55. The van der Waals surface area contributed by atoms with E-state index in [9.17, 15) is 9.59 Å². The summed E-state index contributed by atoms with van der Waals surface area (Å²) in [6.07, 6.45) is 2.36. The molecule has 1 saturated heterocycles. The first-order valence-electron chi connectivity index (χ1n) is 8.72. The molecule has 0 bridgehead atoms. The Labute approximate surface area is 147 Å². The quantitative estimate of drug-likeness (QED) is 0.880. The van der Waals surface area contributed by atoms with Gasteiger partial charge in [0.25, 0.3) is 0 Å². The van der Waals surface area contributed by atoms with Crippen molar-refractivity contribution in [3.05, 3.63) is 23.8 Å². The van der Waals surface area contributed by atoms with E-state index >= 15 is 0 Å². The van der Waals surface area contributed by atoms with E-state index in [4.69, 9.17) is 15.2 Å². The predicted molar refractivity (Wildman–Crippen MR) is 92.4 cm³/mol. The molecule has 1 fully saturated rings. The first kappa shape index (κ1) is 17.4. The molecule has 3 amide bonds. The molecule has 2 aliphatic heterocycles. The molecule has 1 atom stereocenters. The molecule has 2 heterocycles. The zero-order valence-corrected chi connectivity index (χ0v) is 14.6. The van der Waals surface area contributed by atoms with Gasteiger partial charge in [-0.3, -0.25) is 4.79 Å². The summed E-state index contributed by atoms with van der Waals surface area (Å²) >= 11 is 0. The van der Waals surface area contributed by atoms with Crippen LogP contribution in [0.5, 0.6) is 11.5 Å². The van der Waals surface area contributed by atoms with Crippen LogP contribution in [0, 0.1) is 5.92 Å². The summed E-state index contributed by atoms with van der Waals surface area (Å²) in [6, 6.07) is 5.27. The van der Waals surface area contributed by atoms with Gasteiger partial charge < -0.3 is 25.0 Å². The van der Waals surface area contributed by atoms with Crippen molar-refractivity contribution in [2.45, 2.75) is 25.8 Å². The van der Waals surface area contributed by atoms with E-state index in [0.29, 0.717) is 44.3 Å². The Hall–Kier alpha value is -2.44. The molecule has 0 unspecified atom stereocenters. The molecule has 0 spiro atoms. The van der Waals surface area contributed by atoms with Gasteiger partial charge in [0, 0.05) is 31.7 Å². The SMILES string of the molecule is COc1cccc2c1OCCCN(C(=O)[C@H]1CCCN(C(N)=O)C1)C2. The number of benzene rings is 1. The van der Waals surface area contributed by atoms with Crippen molar-refractivity contribution in [1.82, 2.24) is 9.80 Å². The number of ether oxygens (including phenoxy) is 2. The Morgan fingerprint density at radius 3 is 2.80 bits per heavy atom. The summed E-state index contributed by atoms with van der Waals surface area (Å²) in [7, 11) is 1.61. The van der Waals surface area contributed by atoms with Crippen LogP contribution in [-0.4, -0.2) is 55.1 Å². The van der Waals surface area contributed by atoms with Gasteiger partial charge in [-0.25, -0.2) is 4.79 Å². The molecular weight excluding hydrogens is 322 g/mol. The molecule has 2 N–H and O–H groups in total. The van der Waals surface area contributed by atoms with Crippen LogP contribution in [0.25, 0.3) is 0 Å². The van der Waals surface area contributed by atoms with Crippen LogP contribution in [0.4, 0.5) is 4.79 Å². The standard InChI is InChI=1S/C18H25N3O4/c1-24-15-7-2-5-13-11-20(9-4-10-25-16(13)15)17(22)14-6-3-8-21(12-14)18(19)23/h2,5,7,14H,3-4,6,8-12H2,1H3,(H2,19,23)/t14-/m0/s1. The number of carbonyl (C=O) groups excluding carboxylic acids is 2. The lowest BCUT2D eigenvalue weighted by Gasteiger charge is -2.35. The largest absolute Gasteiger partial charge is 0.493 e. The smallest absolute Gasteiger partial charge is 0.314 e. The third-order valence-corrected chi connectivity index (χ3v) is 4.85. The Bertz CT molecular complexity index is 649. The van der Waals surface area contributed by atoms with Gasteiger partial charge >= 0.3 is 6.03 Å². The second-order valence-electron chi connectivity index (χ2n) is 6.53. The minimum Gasteiger partial charge on any atom is -0.493 e. The van der Waals surface area contributed by atoms with Gasteiger partial charge in [0.1, 0.15) is 0 Å². The number of methoxy groups -OCH3 is 1. The minimum absolute atomic E-state index is 0.0848. The van der Waals surface area contributed by atoms with Crippen LogP contribution in [0.3, 0.4) is 0 Å². The average Bonchev–Trinajstić information content (AvgIpc) is 2.61. The summed E-state index contributed by atoms with van der Waals surface area (Å²) in [4.78, 5) is 27.9. The van der Waals surface area contributed by atoms with Crippen molar-refractivity contribution in [3.8, 4) is 11.5 Å². The molecule has 1 aromatic rings. The summed E-state index contributed by atoms with van der Waals surface area (Å²) in [5, 5.41) is 0. The van der Waals surface area contributed by atoms with E-state index in [2.05, 4.69) is 0 Å². The van der Waals surface area contributed by atoms with Gasteiger partial charge in [-0.2, -0.15) is 0 Å². The highest BCUT2D eigenvalue weighted by atomic mass is 16.5. The summed E-state index contributed by atoms with van der Waals surface area (Å²) in [5.41, 5.74) is 6.32. The molecule has 3 rings (SSSR count). The van der Waals surface area contributed by atoms with Crippen LogP contribution in [-0.2, 0) is 11.3 Å². The third-order valence-electron chi connectivity index (χ3n) is 4.85. The Kier molecular flexibility index (Phi) is 5.31. The number of rotatable bonds is 2. The fourth-order valence-electron chi connectivity index (χ4n) is 3.55. The zero-order chi connectivity index (χ0) is 17.8. The molecule has 0 saturated carbocycles. The maximum atomic E-state index is 13.0. The fraction of sp³-hybridized carbons (Fsp3) is 0.556. The number of fused-ring (bicyclic) bond motifs is 1. The first-order valence-corrected chi connectivity index (χ1v) is 8.72. The number of urea groups is 1. The van der Waals surface area contributed by atoms with E-state index in [1.165, 1.54) is 0 Å². The lowest BCUT2D eigenvalue weighted by molar-refractivity contribution is -0.137. The van der Waals surface area contributed by atoms with Gasteiger partial charge in [-0.05, 0) is 25.3 Å². The van der Waals surface area contributed by atoms with Crippen molar-refractivity contribution in [2.24, 2.45) is 11.7 Å². The number of nitrogens with two attached hydrogens (primary N) is 1. The highest BCUT2D eigenvalue weighted by Gasteiger charge is 2.31. The molecule has 7 heteroatoms. The van der Waals surface area contributed by atoms with Crippen LogP contribution >= 0.6 is 0 Å². The molecule has 0 radical (unpaired) electrons. The molecule has 7 nitrogen and oxygen atoms in total. The van der Waals surface area contributed by atoms with Gasteiger partial charge in [-0.1, -0.05) is 12.1 Å². The second-order valence-corrected chi connectivity index (χ2v) is 6.53. The Balaban J connectivity index is 1.77. The maximum absolute atomic E-state index is 13.0. The van der Waals surface area contributed by atoms with E-state index in [1.807, 2.05) is 23.1 Å². The highest BCUT2D eigenvalue weighted by Crippen LogP contribution is 2.33. The topological polar surface area (TPSA) is 85.1 Å². The normalized spacial score (nSPS) is 20.8. The van der Waals surface area contributed by atoms with Crippen molar-refractivity contribution in [3.63, 3.8) is 0 Å². The third kappa shape index (κ3) is 3.81. The first-order chi connectivity index (χ1) is 12.1. The van der Waals surface area contributed by atoms with Crippen molar-refractivity contribution in [2.75, 3.05) is 33.4 Å². The number of primary amides is 1. The zero-order valence-electron chi connectivity index (χ0n) is 14.6. The van der Waals surface area contributed by atoms with E-state index in [-0.39, 0.29) is 11.8 Å². The number of hydrogen-bond donors (Lipinski definition) is 1. The number of para-hydroxylation sites is 1. The number of piperidine rings is 1. The second kappa shape index (κ2) is 7.63. The van der Waals surface area contributed by atoms with Gasteiger partial charge in [-0.15, -0.1) is 0 Å². The van der Waals surface area contributed by atoms with Crippen LogP contribution in [0.1, 0.15) is 24.8 Å². The van der Waals surface area contributed by atoms with Crippen molar-refractivity contribution in [1.29, 1.82) is 0 Å². The van der Waals surface area contributed by atoms with Gasteiger partial charge in [0.15, 0.2) is 11.5 Å². The number of nitrogens with zero attached hydrogens (tertiary/aromatic N) is 2. The molecular formula is C18H25N3O4. The Morgan fingerprint density at radius 2 is 2.04 bits per heavy atom. The molecule has 2 aliphatic rings. The molecule has 0 aromatic heterocycles. The maximum Gasteiger partial charge on any atom is 0.314 e. The van der Waals surface area contributed by atoms with E-state index in [0.717, 1.165) is 24.8 Å². The lowest BCUT2D eigenvalue weighted by atomic mass is 9.96. The number of carbonyl (C=O) groups is 2. The minimum atomic E-state index is -0.450. The summed E-state index contributed by atoms with van der Waals surface area (Å²) in [6.45, 7) is 2.70. The average molecular weight is 347 g/mol. The number of hydrogen-bond acceptors (Lipinski definition) is 4. The Morgan fingerprint density at radius 1 is 1.24 bits per heavy atom. The van der Waals surface area contributed by atoms with Gasteiger partial charge in [0.2, 0.25) is 5.91 Å². The summed E-state index contributed by atoms with van der Waals surface area (Å²) in [5.74, 6) is 1.30. The van der Waals surface area contributed by atoms with Crippen LogP contribution in [0.15, 0.2) is 18.2 Å². The number of amides is 3. The lowest BCUT2D eigenvalue weighted by Crippen LogP contribution is -2.48. The summed E-state index contributed by atoms with van der Waals surface area (Å²) < 4.78 is 11.2.